The van der Waals surface area contributed by atoms with Crippen LogP contribution >= 0.6 is 15.6 Å². The third kappa shape index (κ3) is 11.0. The van der Waals surface area contributed by atoms with Crippen LogP contribution in [-0.4, -0.2) is 0 Å². The number of phosphoric ester groups is 2. The van der Waals surface area contributed by atoms with E-state index in [0.717, 1.165) is 48.8 Å². The van der Waals surface area contributed by atoms with Crippen LogP contribution in [0.5, 0.6) is 23.0 Å². The van der Waals surface area contributed by atoms with Crippen LogP contribution in [0.4, 0.5) is 0 Å². The molecule has 8 nitrogen and oxygen atoms in total. The number of hydrogen-bond acceptors (Lipinski definition) is 8. The Hall–Kier alpha value is -5.10. The van der Waals surface area contributed by atoms with Crippen molar-refractivity contribution in [3.63, 3.8) is 0 Å². The van der Waals surface area contributed by atoms with E-state index >= 15 is 4.57 Å². The minimum Gasteiger partial charge on any atom is -0.395 e. The number of rotatable bonds is 21. The average molecular weight is 901 g/mol. The molecule has 1 saturated carbocycles. The summed E-state index contributed by atoms with van der Waals surface area (Å²) in [6.45, 7) is 10.4. The van der Waals surface area contributed by atoms with Crippen molar-refractivity contribution in [1.82, 2.24) is 0 Å². The molecular weight excluding hydrogens is 839 g/mol. The summed E-state index contributed by atoms with van der Waals surface area (Å²) in [6.07, 6.45) is 7.48. The van der Waals surface area contributed by atoms with Gasteiger partial charge in [0.2, 0.25) is 0 Å². The van der Waals surface area contributed by atoms with Crippen molar-refractivity contribution in [1.29, 1.82) is 0 Å². The third-order valence-electron chi connectivity index (χ3n) is 12.5. The summed E-state index contributed by atoms with van der Waals surface area (Å²) in [5, 5.41) is 0. The zero-order valence-electron chi connectivity index (χ0n) is 37.8. The van der Waals surface area contributed by atoms with Crippen molar-refractivity contribution < 1.29 is 36.3 Å². The predicted octanol–water partition coefficient (Wildman–Crippen LogP) is 16.2. The molecule has 0 amide bonds. The lowest BCUT2D eigenvalue weighted by Gasteiger charge is -2.40. The number of hydrogen-bond donors (Lipinski definition) is 0. The van der Waals surface area contributed by atoms with Crippen molar-refractivity contribution >= 4 is 15.6 Å². The first-order valence-corrected chi connectivity index (χ1v) is 25.7. The van der Waals surface area contributed by atoms with E-state index < -0.39 is 26.8 Å². The van der Waals surface area contributed by atoms with E-state index in [1.54, 1.807) is 36.4 Å². The summed E-state index contributed by atoms with van der Waals surface area (Å²) in [4.78, 5) is 0. The Morgan fingerprint density at radius 1 is 0.453 bits per heavy atom. The zero-order chi connectivity index (χ0) is 45.1. The fourth-order valence-electron chi connectivity index (χ4n) is 9.19. The Labute approximate surface area is 380 Å². The lowest BCUT2D eigenvalue weighted by molar-refractivity contribution is 0.0137. The maximum Gasteiger partial charge on any atom is 0.588 e. The summed E-state index contributed by atoms with van der Waals surface area (Å²) in [5.41, 5.74) is 1.96. The summed E-state index contributed by atoms with van der Waals surface area (Å²) in [5.74, 6) is 1.80. The monoisotopic (exact) mass is 900 g/mol. The van der Waals surface area contributed by atoms with Crippen LogP contribution < -0.4 is 18.1 Å². The Morgan fingerprint density at radius 2 is 0.797 bits per heavy atom. The van der Waals surface area contributed by atoms with Gasteiger partial charge in [0.25, 0.3) is 0 Å². The predicted molar refractivity (Wildman–Crippen MR) is 256 cm³/mol. The smallest absolute Gasteiger partial charge is 0.395 e. The largest absolute Gasteiger partial charge is 0.588 e. The second-order valence-corrected chi connectivity index (χ2v) is 20.0. The van der Waals surface area contributed by atoms with Gasteiger partial charge in [0.05, 0.1) is 0 Å². The molecule has 0 saturated heterocycles. The lowest BCUT2D eigenvalue weighted by atomic mass is 9.65. The average Bonchev–Trinajstić information content (AvgIpc) is 3.32. The van der Waals surface area contributed by atoms with E-state index in [4.69, 9.17) is 27.1 Å². The minimum absolute atomic E-state index is 0.238. The second-order valence-electron chi connectivity index (χ2n) is 17.1. The van der Waals surface area contributed by atoms with Crippen LogP contribution in [-0.2, 0) is 34.8 Å². The third-order valence-corrected chi connectivity index (χ3v) is 15.4. The highest BCUT2D eigenvalue weighted by atomic mass is 31.2. The molecule has 6 aromatic carbocycles. The molecule has 0 spiro atoms. The quantitative estimate of drug-likeness (QED) is 0.0660. The first-order chi connectivity index (χ1) is 31.0. The first kappa shape index (κ1) is 46.9. The summed E-state index contributed by atoms with van der Waals surface area (Å²) >= 11 is 0. The van der Waals surface area contributed by atoms with E-state index in [0.29, 0.717) is 48.7 Å². The van der Waals surface area contributed by atoms with Gasteiger partial charge in [-0.05, 0) is 115 Å². The standard InChI is InChI=1S/C54H62O8P2/c1-6-53(7-2,61-63(55,57-48-26-16-10-17-27-48)58-49-28-18-11-19-29-49)47-34-32-44(33-35-47)52(40-22-13-23-41-52)45-36-38-51(39-37-45)60-64(56,59-50-30-20-12-21-31-50)62-54(8-3,42-43(4)5)46-24-14-9-15-25-46/h9-12,14-21,24-39,43H,6-8,13,22-23,40-42H2,1-5H3. The molecule has 6 aromatic rings. The fraction of sp³-hybridized carbons (Fsp3) is 0.333. The molecule has 0 aliphatic heterocycles. The van der Waals surface area contributed by atoms with Crippen molar-refractivity contribution in [3.05, 3.63) is 192 Å². The van der Waals surface area contributed by atoms with Gasteiger partial charge in [-0.3, -0.25) is 9.05 Å². The number of para-hydroxylation sites is 3. The molecule has 1 aliphatic rings. The maximum absolute atomic E-state index is 15.1. The highest BCUT2D eigenvalue weighted by Gasteiger charge is 2.46. The molecule has 0 aromatic heterocycles. The van der Waals surface area contributed by atoms with Gasteiger partial charge in [0.1, 0.15) is 34.2 Å². The van der Waals surface area contributed by atoms with E-state index in [1.165, 1.54) is 5.56 Å². The van der Waals surface area contributed by atoms with Gasteiger partial charge in [-0.15, -0.1) is 0 Å². The van der Waals surface area contributed by atoms with Crippen molar-refractivity contribution in [2.24, 2.45) is 5.92 Å². The van der Waals surface area contributed by atoms with Crippen LogP contribution in [0.3, 0.4) is 0 Å². The van der Waals surface area contributed by atoms with Crippen LogP contribution in [0, 0.1) is 5.92 Å². The highest BCUT2D eigenvalue weighted by molar-refractivity contribution is 7.49. The Morgan fingerprint density at radius 3 is 1.19 bits per heavy atom. The molecule has 10 heteroatoms. The van der Waals surface area contributed by atoms with Gasteiger partial charge in [0, 0.05) is 5.41 Å². The molecule has 0 N–H and O–H groups in total. The molecular formula is C54H62O8P2. The maximum atomic E-state index is 15.1. The molecule has 336 valence electrons. The molecule has 7 rings (SSSR count). The molecule has 64 heavy (non-hydrogen) atoms. The van der Waals surface area contributed by atoms with Crippen molar-refractivity contribution in [2.75, 3.05) is 0 Å². The normalized spacial score (nSPS) is 16.0. The fourth-order valence-corrected chi connectivity index (χ4v) is 12.5. The van der Waals surface area contributed by atoms with E-state index in [9.17, 15) is 4.57 Å². The van der Waals surface area contributed by atoms with Crippen molar-refractivity contribution in [2.45, 2.75) is 109 Å². The number of benzene rings is 6. The van der Waals surface area contributed by atoms with Gasteiger partial charge >= 0.3 is 15.6 Å². The molecule has 0 bridgehead atoms. The topological polar surface area (TPSA) is 89.5 Å². The van der Waals surface area contributed by atoms with Gasteiger partial charge in [0.15, 0.2) is 0 Å². The first-order valence-electron chi connectivity index (χ1n) is 22.8. The summed E-state index contributed by atoms with van der Waals surface area (Å²) < 4.78 is 67.9. The Kier molecular flexibility index (Phi) is 15.2. The van der Waals surface area contributed by atoms with E-state index in [-0.39, 0.29) is 11.3 Å². The molecule has 1 fully saturated rings. The molecule has 0 radical (unpaired) electrons. The molecule has 2 atom stereocenters. The summed E-state index contributed by atoms with van der Waals surface area (Å²) in [6, 6.07) is 53.5. The van der Waals surface area contributed by atoms with E-state index in [2.05, 4.69) is 50.2 Å². The lowest BCUT2D eigenvalue weighted by Crippen LogP contribution is -2.32. The second kappa shape index (κ2) is 20.8. The van der Waals surface area contributed by atoms with Gasteiger partial charge in [-0.1, -0.05) is 175 Å². The number of phosphoric acid groups is 2. The summed E-state index contributed by atoms with van der Waals surface area (Å²) in [7, 11) is -8.49. The minimum atomic E-state index is -4.28. The van der Waals surface area contributed by atoms with Crippen molar-refractivity contribution in [3.8, 4) is 23.0 Å². The van der Waals surface area contributed by atoms with Gasteiger partial charge in [-0.2, -0.15) is 0 Å². The Bertz CT molecular complexity index is 2390. The van der Waals surface area contributed by atoms with Crippen LogP contribution in [0.15, 0.2) is 170 Å². The van der Waals surface area contributed by atoms with Gasteiger partial charge < -0.3 is 18.1 Å². The Balaban J connectivity index is 1.19. The SMILES string of the molecule is CCC(CC)(OP(=O)(Oc1ccccc1)Oc1ccccc1)c1ccc(C2(c3ccc(OP(=O)(Oc4ccccc4)OC(CC)(CC(C)C)c4ccccc4)cc3)CCCCC2)cc1. The molecule has 1 aliphatic carbocycles. The zero-order valence-corrected chi connectivity index (χ0v) is 39.6. The highest BCUT2D eigenvalue weighted by Crippen LogP contribution is 2.59. The van der Waals surface area contributed by atoms with Crippen LogP contribution in [0.1, 0.15) is 115 Å². The molecule has 2 unspecified atom stereocenters. The van der Waals surface area contributed by atoms with E-state index in [1.807, 2.05) is 118 Å². The van der Waals surface area contributed by atoms with Gasteiger partial charge in [-0.25, -0.2) is 9.13 Å². The van der Waals surface area contributed by atoms with Crippen LogP contribution in [0.25, 0.3) is 0 Å². The van der Waals surface area contributed by atoms with Crippen LogP contribution in [0.2, 0.25) is 0 Å². The molecule has 0 heterocycles.